The van der Waals surface area contributed by atoms with Gasteiger partial charge in [0.15, 0.2) is 11.4 Å². The van der Waals surface area contributed by atoms with E-state index in [1.54, 1.807) is 41.3 Å². The predicted octanol–water partition coefficient (Wildman–Crippen LogP) is 4.77. The minimum Gasteiger partial charge on any atom is -0.497 e. The Morgan fingerprint density at radius 2 is 1.84 bits per heavy atom. The van der Waals surface area contributed by atoms with E-state index in [2.05, 4.69) is 15.9 Å². The van der Waals surface area contributed by atoms with Crippen molar-refractivity contribution in [3.05, 3.63) is 93.5 Å². The third-order valence-corrected chi connectivity index (χ3v) is 6.06. The van der Waals surface area contributed by atoms with Gasteiger partial charge >= 0.3 is 0 Å². The van der Waals surface area contributed by atoms with Gasteiger partial charge < -0.3 is 14.7 Å². The Labute approximate surface area is 189 Å². The monoisotopic (exact) mass is 479 g/mol. The lowest BCUT2D eigenvalue weighted by Gasteiger charge is -2.23. The molecule has 0 fully saturated rings. The average Bonchev–Trinajstić information content (AvgIpc) is 2.96. The minimum atomic E-state index is -1.94. The number of aliphatic hydroxyl groups is 1. The van der Waals surface area contributed by atoms with Crippen LogP contribution in [-0.2, 0) is 16.9 Å². The number of halogens is 1. The second kappa shape index (κ2) is 8.29. The number of hydrogen-bond acceptors (Lipinski definition) is 4. The Kier molecular flexibility index (Phi) is 5.69. The van der Waals surface area contributed by atoms with Crippen molar-refractivity contribution in [1.29, 1.82) is 0 Å². The van der Waals surface area contributed by atoms with Crippen LogP contribution in [0.4, 0.5) is 5.69 Å². The molecular weight excluding hydrogens is 458 g/mol. The molecule has 0 radical (unpaired) electrons. The molecule has 4 rings (SSSR count). The number of methoxy groups -OCH3 is 1. The lowest BCUT2D eigenvalue weighted by Crippen LogP contribution is -2.41. The number of Topliss-reactive ketones (excluding diaryl/α,β-unsaturated/α-hetero) is 1. The lowest BCUT2D eigenvalue weighted by molar-refractivity contribution is -0.136. The van der Waals surface area contributed by atoms with Gasteiger partial charge in [0.25, 0.3) is 5.91 Å². The third-order valence-electron chi connectivity index (χ3n) is 5.56. The largest absolute Gasteiger partial charge is 0.497 e. The van der Waals surface area contributed by atoms with Crippen LogP contribution in [0.3, 0.4) is 0 Å². The van der Waals surface area contributed by atoms with Crippen LogP contribution in [0.5, 0.6) is 5.75 Å². The summed E-state index contributed by atoms with van der Waals surface area (Å²) >= 11 is 3.42. The molecule has 1 unspecified atom stereocenters. The summed E-state index contributed by atoms with van der Waals surface area (Å²) in [6.07, 6.45) is -0.354. The number of carbonyl (C=O) groups excluding carboxylic acids is 2. The number of ether oxygens (including phenoxy) is 1. The first kappa shape index (κ1) is 21.3. The standard InChI is InChI=1S/C25H22BrNO4/c1-16-6-8-17(9-7-16)15-27-22-11-10-19(26)13-21(22)25(30,24(27)29)14-23(28)18-4-3-5-20(12-18)31-2/h3-13,30H,14-15H2,1-2H3. The number of amides is 1. The van der Waals surface area contributed by atoms with Crippen molar-refractivity contribution in [2.45, 2.75) is 25.5 Å². The van der Waals surface area contributed by atoms with Crippen LogP contribution in [0, 0.1) is 6.92 Å². The molecule has 6 heteroatoms. The Bertz CT molecular complexity index is 1160. The van der Waals surface area contributed by atoms with Crippen molar-refractivity contribution in [3.8, 4) is 5.75 Å². The zero-order valence-electron chi connectivity index (χ0n) is 17.3. The highest BCUT2D eigenvalue weighted by Gasteiger charge is 2.51. The fraction of sp³-hybridized carbons (Fsp3) is 0.200. The summed E-state index contributed by atoms with van der Waals surface area (Å²) in [7, 11) is 1.52. The highest BCUT2D eigenvalue weighted by atomic mass is 79.9. The second-order valence-corrected chi connectivity index (χ2v) is 8.65. The Hall–Kier alpha value is -2.96. The van der Waals surface area contributed by atoms with Gasteiger partial charge in [-0.15, -0.1) is 0 Å². The highest BCUT2D eigenvalue weighted by Crippen LogP contribution is 2.44. The van der Waals surface area contributed by atoms with Crippen LogP contribution < -0.4 is 9.64 Å². The first-order chi connectivity index (χ1) is 14.8. The van der Waals surface area contributed by atoms with E-state index >= 15 is 0 Å². The molecule has 1 aliphatic heterocycles. The molecule has 0 saturated heterocycles. The third kappa shape index (κ3) is 4.01. The summed E-state index contributed by atoms with van der Waals surface area (Å²) in [5.74, 6) is -0.296. The molecule has 31 heavy (non-hydrogen) atoms. The first-order valence-corrected chi connectivity index (χ1v) is 10.7. The lowest BCUT2D eigenvalue weighted by atomic mass is 9.88. The smallest absolute Gasteiger partial charge is 0.264 e. The van der Waals surface area contributed by atoms with Crippen LogP contribution in [0.25, 0.3) is 0 Å². The van der Waals surface area contributed by atoms with Crippen molar-refractivity contribution < 1.29 is 19.4 Å². The number of rotatable bonds is 6. The molecule has 5 nitrogen and oxygen atoms in total. The van der Waals surface area contributed by atoms with Gasteiger partial charge in [0.2, 0.25) is 0 Å². The van der Waals surface area contributed by atoms with Gasteiger partial charge in [-0.05, 0) is 42.8 Å². The molecule has 1 amide bonds. The van der Waals surface area contributed by atoms with Crippen LogP contribution in [-0.4, -0.2) is 23.9 Å². The average molecular weight is 480 g/mol. The number of nitrogens with zero attached hydrogens (tertiary/aromatic N) is 1. The molecule has 0 saturated carbocycles. The van der Waals surface area contributed by atoms with Crippen LogP contribution in [0.1, 0.15) is 33.5 Å². The molecule has 1 aliphatic rings. The molecule has 0 aromatic heterocycles. The van der Waals surface area contributed by atoms with Gasteiger partial charge in [0.05, 0.1) is 25.8 Å². The molecule has 0 spiro atoms. The number of anilines is 1. The zero-order valence-corrected chi connectivity index (χ0v) is 18.8. The van der Waals surface area contributed by atoms with Crippen LogP contribution in [0.2, 0.25) is 0 Å². The maximum Gasteiger partial charge on any atom is 0.264 e. The van der Waals surface area contributed by atoms with Gasteiger partial charge in [-0.25, -0.2) is 0 Å². The normalized spacial score (nSPS) is 17.5. The first-order valence-electron chi connectivity index (χ1n) is 9.89. The molecule has 158 valence electrons. The van der Waals surface area contributed by atoms with E-state index in [-0.39, 0.29) is 12.2 Å². The molecule has 1 N–H and O–H groups in total. The minimum absolute atomic E-state index is 0.309. The molecule has 3 aromatic rings. The number of carbonyl (C=O) groups is 2. The van der Waals surface area contributed by atoms with Crippen molar-refractivity contribution in [2.75, 3.05) is 12.0 Å². The zero-order chi connectivity index (χ0) is 22.2. The summed E-state index contributed by atoms with van der Waals surface area (Å²) in [5, 5.41) is 11.5. The summed E-state index contributed by atoms with van der Waals surface area (Å²) in [5.41, 5.74) is 1.54. The summed E-state index contributed by atoms with van der Waals surface area (Å²) in [6.45, 7) is 2.31. The van der Waals surface area contributed by atoms with Gasteiger partial charge in [-0.1, -0.05) is 57.9 Å². The second-order valence-electron chi connectivity index (χ2n) is 7.73. The van der Waals surface area contributed by atoms with Crippen molar-refractivity contribution in [1.82, 2.24) is 0 Å². The number of benzene rings is 3. The van der Waals surface area contributed by atoms with Gasteiger partial charge in [-0.3, -0.25) is 9.59 Å². The van der Waals surface area contributed by atoms with Crippen molar-refractivity contribution in [2.24, 2.45) is 0 Å². The van der Waals surface area contributed by atoms with Crippen LogP contribution >= 0.6 is 15.9 Å². The Balaban J connectivity index is 1.69. The quantitative estimate of drug-likeness (QED) is 0.516. The summed E-state index contributed by atoms with van der Waals surface area (Å²) in [4.78, 5) is 28.0. The SMILES string of the molecule is COc1cccc(C(=O)CC2(O)C(=O)N(Cc3ccc(C)cc3)c3ccc(Br)cc32)c1. The summed E-state index contributed by atoms with van der Waals surface area (Å²) < 4.78 is 5.91. The van der Waals surface area contributed by atoms with E-state index in [0.717, 1.165) is 15.6 Å². The maximum absolute atomic E-state index is 13.4. The number of fused-ring (bicyclic) bond motifs is 1. The van der Waals surface area contributed by atoms with E-state index in [4.69, 9.17) is 4.74 Å². The molecule has 1 heterocycles. The van der Waals surface area contributed by atoms with E-state index < -0.39 is 11.5 Å². The van der Waals surface area contributed by atoms with E-state index in [0.29, 0.717) is 29.1 Å². The van der Waals surface area contributed by atoms with Gasteiger partial charge in [0, 0.05) is 15.6 Å². The van der Waals surface area contributed by atoms with E-state index in [1.165, 1.54) is 7.11 Å². The van der Waals surface area contributed by atoms with Gasteiger partial charge in [-0.2, -0.15) is 0 Å². The van der Waals surface area contributed by atoms with Gasteiger partial charge in [0.1, 0.15) is 5.75 Å². The van der Waals surface area contributed by atoms with Crippen molar-refractivity contribution in [3.63, 3.8) is 0 Å². The number of ketones is 1. The Morgan fingerprint density at radius 3 is 2.55 bits per heavy atom. The number of hydrogen-bond donors (Lipinski definition) is 1. The number of aryl methyl sites for hydroxylation is 1. The maximum atomic E-state index is 13.4. The Morgan fingerprint density at radius 1 is 1.10 bits per heavy atom. The van der Waals surface area contributed by atoms with E-state index in [9.17, 15) is 14.7 Å². The molecular formula is C25H22BrNO4. The molecule has 0 aliphatic carbocycles. The van der Waals surface area contributed by atoms with E-state index in [1.807, 2.05) is 37.3 Å². The molecule has 1 atom stereocenters. The topological polar surface area (TPSA) is 66.8 Å². The fourth-order valence-corrected chi connectivity index (χ4v) is 4.22. The predicted molar refractivity (Wildman–Crippen MR) is 122 cm³/mol. The molecule has 3 aromatic carbocycles. The summed E-state index contributed by atoms with van der Waals surface area (Å²) in [6, 6.07) is 19.9. The van der Waals surface area contributed by atoms with Crippen LogP contribution in [0.15, 0.2) is 71.2 Å². The fourth-order valence-electron chi connectivity index (χ4n) is 3.86. The molecule has 0 bridgehead atoms. The van der Waals surface area contributed by atoms with Crippen molar-refractivity contribution >= 4 is 33.3 Å². The highest BCUT2D eigenvalue weighted by molar-refractivity contribution is 9.10.